The Hall–Kier alpha value is -2.86. The van der Waals surface area contributed by atoms with Crippen molar-refractivity contribution in [1.29, 1.82) is 0 Å². The number of anilines is 1. The van der Waals surface area contributed by atoms with Crippen molar-refractivity contribution >= 4 is 44.5 Å². The fourth-order valence-electron chi connectivity index (χ4n) is 3.22. The highest BCUT2D eigenvalue weighted by Gasteiger charge is 2.13. The van der Waals surface area contributed by atoms with Gasteiger partial charge in [0.05, 0.1) is 24.6 Å². The molecule has 0 unspecified atom stereocenters. The Bertz CT molecular complexity index is 1050. The summed E-state index contributed by atoms with van der Waals surface area (Å²) in [7, 11) is 1.55. The van der Waals surface area contributed by atoms with Crippen LogP contribution >= 0.6 is 15.9 Å². The van der Waals surface area contributed by atoms with E-state index in [2.05, 4.69) is 45.2 Å². The molecule has 0 bridgehead atoms. The molecule has 150 valence electrons. The molecule has 0 spiro atoms. The number of nitrogens with zero attached hydrogens (tertiary/aromatic N) is 2. The molecule has 1 amide bonds. The molecular formula is C23H24BrN3O2. The van der Waals surface area contributed by atoms with Crippen molar-refractivity contribution in [3.05, 3.63) is 70.2 Å². The first-order chi connectivity index (χ1) is 14.1. The highest BCUT2D eigenvalue weighted by atomic mass is 79.9. The molecule has 0 saturated carbocycles. The lowest BCUT2D eigenvalue weighted by Gasteiger charge is -2.22. The van der Waals surface area contributed by atoms with Crippen molar-refractivity contribution in [3.63, 3.8) is 0 Å². The van der Waals surface area contributed by atoms with Gasteiger partial charge in [0, 0.05) is 17.6 Å². The van der Waals surface area contributed by atoms with Crippen LogP contribution in [0.3, 0.4) is 0 Å². The average molecular weight is 454 g/mol. The van der Waals surface area contributed by atoms with E-state index in [9.17, 15) is 4.79 Å². The molecule has 5 nitrogen and oxygen atoms in total. The number of ether oxygens (including phenoxy) is 1. The summed E-state index contributed by atoms with van der Waals surface area (Å²) in [5, 5.41) is 6.10. The number of hydrazone groups is 1. The predicted octanol–water partition coefficient (Wildman–Crippen LogP) is 5.22. The minimum Gasteiger partial charge on any atom is -0.496 e. The molecule has 3 rings (SSSR count). The van der Waals surface area contributed by atoms with Gasteiger partial charge in [-0.05, 0) is 70.4 Å². The molecule has 0 aliphatic carbocycles. The SMILES string of the molecule is CCN(CC)c1ccc(C=NNC(=O)c2cc3ccccc3cc2OC)cc1Br. The molecule has 0 aliphatic heterocycles. The number of methoxy groups -OCH3 is 1. The summed E-state index contributed by atoms with van der Waals surface area (Å²) < 4.78 is 6.38. The third kappa shape index (κ3) is 4.77. The van der Waals surface area contributed by atoms with Gasteiger partial charge in [-0.25, -0.2) is 5.43 Å². The number of halogens is 1. The zero-order chi connectivity index (χ0) is 20.8. The molecule has 0 aliphatic rings. The Morgan fingerprint density at radius 3 is 2.41 bits per heavy atom. The first kappa shape index (κ1) is 20.9. The number of benzene rings is 3. The number of hydrogen-bond donors (Lipinski definition) is 1. The van der Waals surface area contributed by atoms with Crippen molar-refractivity contribution in [3.8, 4) is 5.75 Å². The van der Waals surface area contributed by atoms with E-state index in [0.29, 0.717) is 11.3 Å². The lowest BCUT2D eigenvalue weighted by Crippen LogP contribution is -2.22. The molecule has 0 radical (unpaired) electrons. The Labute approximate surface area is 179 Å². The first-order valence-electron chi connectivity index (χ1n) is 9.52. The highest BCUT2D eigenvalue weighted by Crippen LogP contribution is 2.27. The van der Waals surface area contributed by atoms with Gasteiger partial charge in [-0.1, -0.05) is 30.3 Å². The van der Waals surface area contributed by atoms with Crippen LogP contribution < -0.4 is 15.1 Å². The molecular weight excluding hydrogens is 430 g/mol. The zero-order valence-corrected chi connectivity index (χ0v) is 18.4. The quantitative estimate of drug-likeness (QED) is 0.394. The summed E-state index contributed by atoms with van der Waals surface area (Å²) in [6, 6.07) is 17.5. The van der Waals surface area contributed by atoms with Gasteiger partial charge in [-0.15, -0.1) is 0 Å². The highest BCUT2D eigenvalue weighted by molar-refractivity contribution is 9.10. The van der Waals surface area contributed by atoms with Crippen LogP contribution in [-0.2, 0) is 0 Å². The minimum absolute atomic E-state index is 0.317. The average Bonchev–Trinajstić information content (AvgIpc) is 2.74. The maximum absolute atomic E-state index is 12.6. The summed E-state index contributed by atoms with van der Waals surface area (Å²) in [5.74, 6) is 0.199. The standard InChI is InChI=1S/C23H24BrN3O2/c1-4-27(5-2)21-11-10-16(12-20(21)24)15-25-26-23(28)19-13-17-8-6-7-9-18(17)14-22(19)29-3/h6-15H,4-5H2,1-3H3,(H,26,28). The fourth-order valence-corrected chi connectivity index (χ4v) is 3.86. The predicted molar refractivity (Wildman–Crippen MR) is 123 cm³/mol. The molecule has 0 saturated heterocycles. The molecule has 0 aromatic heterocycles. The monoisotopic (exact) mass is 453 g/mol. The van der Waals surface area contributed by atoms with Crippen LogP contribution in [-0.4, -0.2) is 32.3 Å². The summed E-state index contributed by atoms with van der Waals surface area (Å²) in [6.07, 6.45) is 1.63. The third-order valence-corrected chi connectivity index (χ3v) is 5.40. The smallest absolute Gasteiger partial charge is 0.275 e. The summed E-state index contributed by atoms with van der Waals surface area (Å²) in [4.78, 5) is 14.9. The molecule has 3 aromatic carbocycles. The lowest BCUT2D eigenvalue weighted by atomic mass is 10.1. The molecule has 29 heavy (non-hydrogen) atoms. The number of rotatable bonds is 7. The van der Waals surface area contributed by atoms with Crippen LogP contribution in [0, 0.1) is 0 Å². The summed E-state index contributed by atoms with van der Waals surface area (Å²) >= 11 is 3.62. The zero-order valence-electron chi connectivity index (χ0n) is 16.8. The number of fused-ring (bicyclic) bond motifs is 1. The second kappa shape index (κ2) is 9.56. The summed E-state index contributed by atoms with van der Waals surface area (Å²) in [6.45, 7) is 6.13. The van der Waals surface area contributed by atoms with Crippen LogP contribution in [0.2, 0.25) is 0 Å². The summed E-state index contributed by atoms with van der Waals surface area (Å²) in [5.41, 5.74) is 5.06. The van der Waals surface area contributed by atoms with E-state index in [0.717, 1.165) is 39.6 Å². The Morgan fingerprint density at radius 2 is 1.79 bits per heavy atom. The van der Waals surface area contributed by atoms with E-state index in [1.807, 2.05) is 54.6 Å². The minimum atomic E-state index is -0.317. The maximum atomic E-state index is 12.6. The molecule has 3 aromatic rings. The van der Waals surface area contributed by atoms with E-state index < -0.39 is 0 Å². The second-order valence-electron chi connectivity index (χ2n) is 6.48. The Kier molecular flexibility index (Phi) is 6.88. The van der Waals surface area contributed by atoms with Crippen LogP contribution in [0.4, 0.5) is 5.69 Å². The van der Waals surface area contributed by atoms with Crippen molar-refractivity contribution in [1.82, 2.24) is 5.43 Å². The third-order valence-electron chi connectivity index (χ3n) is 4.77. The van der Waals surface area contributed by atoms with Crippen molar-refractivity contribution in [2.24, 2.45) is 5.10 Å². The van der Waals surface area contributed by atoms with E-state index in [4.69, 9.17) is 4.74 Å². The van der Waals surface area contributed by atoms with Gasteiger partial charge in [-0.2, -0.15) is 5.10 Å². The largest absolute Gasteiger partial charge is 0.496 e. The van der Waals surface area contributed by atoms with Gasteiger partial charge in [0.1, 0.15) is 5.75 Å². The van der Waals surface area contributed by atoms with E-state index in [1.165, 1.54) is 0 Å². The van der Waals surface area contributed by atoms with Crippen LogP contribution in [0.1, 0.15) is 29.8 Å². The Morgan fingerprint density at radius 1 is 1.10 bits per heavy atom. The first-order valence-corrected chi connectivity index (χ1v) is 10.3. The van der Waals surface area contributed by atoms with Crippen LogP contribution in [0.5, 0.6) is 5.75 Å². The van der Waals surface area contributed by atoms with Gasteiger partial charge in [0.2, 0.25) is 0 Å². The fraction of sp³-hybridized carbons (Fsp3) is 0.217. The van der Waals surface area contributed by atoms with E-state index >= 15 is 0 Å². The van der Waals surface area contributed by atoms with Gasteiger partial charge in [0.15, 0.2) is 0 Å². The Balaban J connectivity index is 1.76. The van der Waals surface area contributed by atoms with Gasteiger partial charge >= 0.3 is 0 Å². The second-order valence-corrected chi connectivity index (χ2v) is 7.34. The molecule has 0 atom stereocenters. The number of carbonyl (C=O) groups excluding carboxylic acids is 1. The lowest BCUT2D eigenvalue weighted by molar-refractivity contribution is 0.0952. The van der Waals surface area contributed by atoms with E-state index in [1.54, 1.807) is 13.3 Å². The topological polar surface area (TPSA) is 53.9 Å². The number of hydrogen-bond acceptors (Lipinski definition) is 4. The van der Waals surface area contributed by atoms with Gasteiger partial charge in [0.25, 0.3) is 5.91 Å². The number of nitrogens with one attached hydrogen (secondary N) is 1. The normalized spacial score (nSPS) is 11.0. The molecule has 0 heterocycles. The van der Waals surface area contributed by atoms with Crippen molar-refractivity contribution in [2.75, 3.05) is 25.1 Å². The number of carbonyl (C=O) groups is 1. The maximum Gasteiger partial charge on any atom is 0.275 e. The van der Waals surface area contributed by atoms with Crippen molar-refractivity contribution < 1.29 is 9.53 Å². The van der Waals surface area contributed by atoms with Crippen LogP contribution in [0.15, 0.2) is 64.2 Å². The molecule has 0 fully saturated rings. The van der Waals surface area contributed by atoms with Crippen molar-refractivity contribution in [2.45, 2.75) is 13.8 Å². The van der Waals surface area contributed by atoms with E-state index in [-0.39, 0.29) is 5.91 Å². The van der Waals surface area contributed by atoms with Gasteiger partial charge < -0.3 is 9.64 Å². The van der Waals surface area contributed by atoms with Gasteiger partial charge in [-0.3, -0.25) is 4.79 Å². The molecule has 1 N–H and O–H groups in total. The molecule has 6 heteroatoms. The van der Waals surface area contributed by atoms with Crippen LogP contribution in [0.25, 0.3) is 10.8 Å². The number of amides is 1.